The molecule has 0 aromatic rings. The molecule has 0 radical (unpaired) electrons. The minimum Gasteiger partial charge on any atom is -0.315 e. The number of nitrogens with one attached hydrogen (secondary N) is 1. The van der Waals surface area contributed by atoms with Crippen LogP contribution >= 0.6 is 12.6 Å². The monoisotopic (exact) mass is 161 g/mol. The molecule has 62 valence electrons. The normalized spacial score (nSPS) is 16.8. The second-order valence-corrected chi connectivity index (χ2v) is 3.35. The maximum Gasteiger partial charge on any atom is 0.00414 e. The van der Waals surface area contributed by atoms with E-state index in [9.17, 15) is 0 Å². The molecule has 10 heavy (non-hydrogen) atoms. The molecule has 0 aromatic carbocycles. The molecular formula is C8H19NS. The molecule has 0 fully saturated rings. The van der Waals surface area contributed by atoms with Gasteiger partial charge >= 0.3 is 0 Å². The van der Waals surface area contributed by atoms with Crippen molar-refractivity contribution < 1.29 is 0 Å². The Morgan fingerprint density at radius 1 is 1.40 bits per heavy atom. The van der Waals surface area contributed by atoms with E-state index in [4.69, 9.17) is 0 Å². The molecule has 2 heteroatoms. The first-order valence-corrected chi connectivity index (χ1v) is 4.68. The van der Waals surface area contributed by atoms with E-state index in [2.05, 4.69) is 38.7 Å². The van der Waals surface area contributed by atoms with E-state index < -0.39 is 0 Å². The van der Waals surface area contributed by atoms with Gasteiger partial charge in [-0.3, -0.25) is 0 Å². The van der Waals surface area contributed by atoms with E-state index in [0.717, 1.165) is 18.2 Å². The Labute approximate surface area is 70.0 Å². The first kappa shape index (κ1) is 10.3. The zero-order chi connectivity index (χ0) is 7.98. The van der Waals surface area contributed by atoms with E-state index >= 15 is 0 Å². The van der Waals surface area contributed by atoms with Crippen molar-refractivity contribution in [1.82, 2.24) is 5.32 Å². The lowest BCUT2D eigenvalue weighted by Crippen LogP contribution is -2.27. The lowest BCUT2D eigenvalue weighted by atomic mass is 10.1. The van der Waals surface area contributed by atoms with Crippen LogP contribution in [0.5, 0.6) is 0 Å². The molecule has 0 aliphatic heterocycles. The number of hydrogen-bond donors (Lipinski definition) is 2. The van der Waals surface area contributed by atoms with Crippen LogP contribution in [-0.2, 0) is 0 Å². The predicted molar refractivity (Wildman–Crippen MR) is 50.8 cm³/mol. The second-order valence-electron chi connectivity index (χ2n) is 2.98. The summed E-state index contributed by atoms with van der Waals surface area (Å²) in [6, 6.07) is 0.646. The molecule has 0 spiro atoms. The standard InChI is InChI=1S/C8H19NS/c1-4-9-8(3)5-7(2)6-10/h7-10H,4-6H2,1-3H3. The van der Waals surface area contributed by atoms with Gasteiger partial charge in [-0.25, -0.2) is 0 Å². The molecule has 0 heterocycles. The predicted octanol–water partition coefficient (Wildman–Crippen LogP) is 1.94. The van der Waals surface area contributed by atoms with E-state index in [0.29, 0.717) is 6.04 Å². The van der Waals surface area contributed by atoms with Crippen molar-refractivity contribution in [1.29, 1.82) is 0 Å². The van der Waals surface area contributed by atoms with E-state index in [1.54, 1.807) is 0 Å². The third-order valence-corrected chi connectivity index (χ3v) is 2.24. The number of hydrogen-bond acceptors (Lipinski definition) is 2. The second kappa shape index (κ2) is 6.05. The highest BCUT2D eigenvalue weighted by Crippen LogP contribution is 2.06. The van der Waals surface area contributed by atoms with Crippen molar-refractivity contribution in [2.45, 2.75) is 33.2 Å². The fraction of sp³-hybridized carbons (Fsp3) is 1.00. The zero-order valence-electron chi connectivity index (χ0n) is 7.22. The first-order chi connectivity index (χ1) is 4.70. The van der Waals surface area contributed by atoms with Gasteiger partial charge in [0.2, 0.25) is 0 Å². The van der Waals surface area contributed by atoms with Crippen LogP contribution < -0.4 is 5.32 Å². The first-order valence-electron chi connectivity index (χ1n) is 4.05. The number of thiol groups is 1. The summed E-state index contributed by atoms with van der Waals surface area (Å²) in [5.41, 5.74) is 0. The quantitative estimate of drug-likeness (QED) is 0.587. The van der Waals surface area contributed by atoms with Crippen molar-refractivity contribution in [2.24, 2.45) is 5.92 Å². The van der Waals surface area contributed by atoms with Crippen molar-refractivity contribution in [3.63, 3.8) is 0 Å². The molecule has 0 aromatic heterocycles. The molecule has 0 bridgehead atoms. The van der Waals surface area contributed by atoms with Gasteiger partial charge in [0, 0.05) is 6.04 Å². The third kappa shape index (κ3) is 5.12. The van der Waals surface area contributed by atoms with Gasteiger partial charge in [0.1, 0.15) is 0 Å². The molecule has 1 N–H and O–H groups in total. The summed E-state index contributed by atoms with van der Waals surface area (Å²) < 4.78 is 0. The van der Waals surface area contributed by atoms with Gasteiger partial charge in [-0.15, -0.1) is 0 Å². The van der Waals surface area contributed by atoms with Crippen molar-refractivity contribution in [3.05, 3.63) is 0 Å². The molecule has 0 aliphatic rings. The third-order valence-electron chi connectivity index (χ3n) is 1.62. The van der Waals surface area contributed by atoms with Gasteiger partial charge in [0.05, 0.1) is 0 Å². The minimum absolute atomic E-state index is 0.646. The van der Waals surface area contributed by atoms with E-state index in [1.807, 2.05) is 0 Å². The summed E-state index contributed by atoms with van der Waals surface area (Å²) in [7, 11) is 0. The van der Waals surface area contributed by atoms with E-state index in [1.165, 1.54) is 6.42 Å². The SMILES string of the molecule is CCNC(C)CC(C)CS. The molecule has 0 saturated carbocycles. The molecule has 2 atom stereocenters. The maximum absolute atomic E-state index is 4.23. The summed E-state index contributed by atoms with van der Waals surface area (Å²) in [5, 5.41) is 3.38. The summed E-state index contributed by atoms with van der Waals surface area (Å²) >= 11 is 4.23. The fourth-order valence-electron chi connectivity index (χ4n) is 1.11. The smallest absolute Gasteiger partial charge is 0.00414 e. The Balaban J connectivity index is 3.27. The van der Waals surface area contributed by atoms with Crippen LogP contribution in [0.25, 0.3) is 0 Å². The minimum atomic E-state index is 0.646. The highest BCUT2D eigenvalue weighted by Gasteiger charge is 2.04. The lowest BCUT2D eigenvalue weighted by molar-refractivity contribution is 0.456. The molecular weight excluding hydrogens is 142 g/mol. The van der Waals surface area contributed by atoms with Gasteiger partial charge in [0.15, 0.2) is 0 Å². The highest BCUT2D eigenvalue weighted by molar-refractivity contribution is 7.80. The highest BCUT2D eigenvalue weighted by atomic mass is 32.1. The Kier molecular flexibility index (Phi) is 6.24. The Bertz CT molecular complexity index is 75.7. The molecule has 0 amide bonds. The molecule has 1 nitrogen and oxygen atoms in total. The van der Waals surface area contributed by atoms with Gasteiger partial charge < -0.3 is 5.32 Å². The lowest BCUT2D eigenvalue weighted by Gasteiger charge is -2.15. The molecule has 2 unspecified atom stereocenters. The molecule has 0 rings (SSSR count). The summed E-state index contributed by atoms with van der Waals surface area (Å²) in [5.74, 6) is 1.73. The Morgan fingerprint density at radius 3 is 2.40 bits per heavy atom. The van der Waals surface area contributed by atoms with Crippen molar-refractivity contribution in [3.8, 4) is 0 Å². The summed E-state index contributed by atoms with van der Waals surface area (Å²) in [6.45, 7) is 7.67. The van der Waals surface area contributed by atoms with Crippen LogP contribution in [0, 0.1) is 5.92 Å². The fourth-order valence-corrected chi connectivity index (χ4v) is 1.26. The van der Waals surface area contributed by atoms with Crippen LogP contribution in [0.2, 0.25) is 0 Å². The van der Waals surface area contributed by atoms with Gasteiger partial charge in [0.25, 0.3) is 0 Å². The van der Waals surface area contributed by atoms with Crippen LogP contribution in [-0.4, -0.2) is 18.3 Å². The van der Waals surface area contributed by atoms with Crippen molar-refractivity contribution in [2.75, 3.05) is 12.3 Å². The number of rotatable bonds is 5. The molecule has 0 aliphatic carbocycles. The average molecular weight is 161 g/mol. The van der Waals surface area contributed by atoms with Gasteiger partial charge in [-0.2, -0.15) is 12.6 Å². The summed E-state index contributed by atoms with van der Waals surface area (Å²) in [4.78, 5) is 0. The van der Waals surface area contributed by atoms with E-state index in [-0.39, 0.29) is 0 Å². The van der Waals surface area contributed by atoms with Crippen LogP contribution in [0.15, 0.2) is 0 Å². The molecule has 0 saturated heterocycles. The maximum atomic E-state index is 4.23. The summed E-state index contributed by atoms with van der Waals surface area (Å²) in [6.07, 6.45) is 1.23. The van der Waals surface area contributed by atoms with Crippen LogP contribution in [0.4, 0.5) is 0 Å². The van der Waals surface area contributed by atoms with Gasteiger partial charge in [-0.1, -0.05) is 13.8 Å². The largest absolute Gasteiger partial charge is 0.315 e. The Morgan fingerprint density at radius 2 is 2.00 bits per heavy atom. The topological polar surface area (TPSA) is 12.0 Å². The van der Waals surface area contributed by atoms with Crippen LogP contribution in [0.3, 0.4) is 0 Å². The zero-order valence-corrected chi connectivity index (χ0v) is 8.12. The van der Waals surface area contributed by atoms with Gasteiger partial charge in [-0.05, 0) is 31.6 Å². The Hall–Kier alpha value is 0.310. The van der Waals surface area contributed by atoms with Crippen molar-refractivity contribution >= 4 is 12.6 Å². The average Bonchev–Trinajstić information content (AvgIpc) is 1.88. The van der Waals surface area contributed by atoms with Crippen LogP contribution in [0.1, 0.15) is 27.2 Å².